The Morgan fingerprint density at radius 1 is 1.08 bits per heavy atom. The maximum Gasteiger partial charge on any atom is 0.307 e. The van der Waals surface area contributed by atoms with Crippen LogP contribution < -0.4 is 0 Å². The number of hydrogen-bond donors (Lipinski definition) is 0. The highest BCUT2D eigenvalue weighted by atomic mass is 19.1. The lowest BCUT2D eigenvalue weighted by Gasteiger charge is -2.29. The minimum absolute atomic E-state index is 0.109. The molecule has 4 nitrogen and oxygen atoms in total. The highest BCUT2D eigenvalue weighted by Crippen LogP contribution is 2.23. The number of rotatable bonds is 7. The molecule has 0 aromatic heterocycles. The van der Waals surface area contributed by atoms with Crippen LogP contribution >= 0.6 is 0 Å². The summed E-state index contributed by atoms with van der Waals surface area (Å²) in [5.74, 6) is -0.994. The van der Waals surface area contributed by atoms with Gasteiger partial charge in [-0.3, -0.25) is 9.59 Å². The predicted octanol–water partition coefficient (Wildman–Crippen LogP) is 3.98. The molecular weight excluding hydrogens is 321 g/mol. The van der Waals surface area contributed by atoms with Gasteiger partial charge in [0.25, 0.3) is 5.91 Å². The Bertz CT molecular complexity index is 701. The molecule has 2 aromatic carbocycles. The van der Waals surface area contributed by atoms with Crippen molar-refractivity contribution in [2.24, 2.45) is 0 Å². The van der Waals surface area contributed by atoms with Gasteiger partial charge in [-0.2, -0.15) is 0 Å². The van der Waals surface area contributed by atoms with Crippen molar-refractivity contribution >= 4 is 11.9 Å². The average molecular weight is 343 g/mol. The molecule has 0 saturated carbocycles. The van der Waals surface area contributed by atoms with Crippen LogP contribution in [0.15, 0.2) is 54.6 Å². The van der Waals surface area contributed by atoms with E-state index >= 15 is 0 Å². The average Bonchev–Trinajstić information content (AvgIpc) is 2.63. The van der Waals surface area contributed by atoms with Crippen molar-refractivity contribution in [2.45, 2.75) is 26.3 Å². The van der Waals surface area contributed by atoms with Gasteiger partial charge < -0.3 is 9.64 Å². The van der Waals surface area contributed by atoms with Crippen LogP contribution in [0.2, 0.25) is 0 Å². The van der Waals surface area contributed by atoms with Gasteiger partial charge in [0, 0.05) is 12.1 Å². The van der Waals surface area contributed by atoms with E-state index in [1.54, 1.807) is 11.8 Å². The van der Waals surface area contributed by atoms with Gasteiger partial charge >= 0.3 is 5.97 Å². The Morgan fingerprint density at radius 2 is 1.72 bits per heavy atom. The topological polar surface area (TPSA) is 46.6 Å². The number of benzene rings is 2. The molecule has 0 aliphatic carbocycles. The SMILES string of the molecule is CCOC(=O)CCN(C(=O)c1ccc(F)cc1)C(C)c1ccccc1. The summed E-state index contributed by atoms with van der Waals surface area (Å²) in [5, 5.41) is 0. The van der Waals surface area contributed by atoms with Crippen LogP contribution in [0.1, 0.15) is 42.2 Å². The monoisotopic (exact) mass is 343 g/mol. The molecule has 0 heterocycles. The molecule has 0 radical (unpaired) electrons. The van der Waals surface area contributed by atoms with Gasteiger partial charge in [-0.25, -0.2) is 4.39 Å². The summed E-state index contributed by atoms with van der Waals surface area (Å²) in [4.78, 5) is 26.2. The number of carbonyl (C=O) groups is 2. The number of carbonyl (C=O) groups excluding carboxylic acids is 2. The molecule has 0 bridgehead atoms. The van der Waals surface area contributed by atoms with Crippen LogP contribution in [0, 0.1) is 5.82 Å². The van der Waals surface area contributed by atoms with Crippen molar-refractivity contribution in [3.8, 4) is 0 Å². The lowest BCUT2D eigenvalue weighted by Crippen LogP contribution is -2.35. The van der Waals surface area contributed by atoms with Crippen LogP contribution in [0.5, 0.6) is 0 Å². The molecule has 2 aromatic rings. The maximum atomic E-state index is 13.1. The number of esters is 1. The summed E-state index contributed by atoms with van der Waals surface area (Å²) in [6, 6.07) is 14.7. The minimum Gasteiger partial charge on any atom is -0.466 e. The molecule has 0 saturated heterocycles. The molecule has 0 spiro atoms. The maximum absolute atomic E-state index is 13.1. The lowest BCUT2D eigenvalue weighted by atomic mass is 10.0. The van der Waals surface area contributed by atoms with Crippen molar-refractivity contribution in [1.29, 1.82) is 0 Å². The lowest BCUT2D eigenvalue weighted by molar-refractivity contribution is -0.143. The van der Waals surface area contributed by atoms with Crippen LogP contribution in [0.3, 0.4) is 0 Å². The Labute approximate surface area is 147 Å². The Morgan fingerprint density at radius 3 is 2.32 bits per heavy atom. The van der Waals surface area contributed by atoms with E-state index in [0.29, 0.717) is 12.2 Å². The molecule has 1 unspecified atom stereocenters. The van der Waals surface area contributed by atoms with Crippen molar-refractivity contribution in [3.05, 3.63) is 71.5 Å². The number of nitrogens with zero attached hydrogens (tertiary/aromatic N) is 1. The van der Waals surface area contributed by atoms with Gasteiger partial charge in [-0.15, -0.1) is 0 Å². The predicted molar refractivity (Wildman–Crippen MR) is 93.5 cm³/mol. The first kappa shape index (κ1) is 18.6. The fourth-order valence-electron chi connectivity index (χ4n) is 2.59. The molecule has 0 aliphatic heterocycles. The normalized spacial score (nSPS) is 11.6. The zero-order chi connectivity index (χ0) is 18.2. The Hall–Kier alpha value is -2.69. The third kappa shape index (κ3) is 5.14. The van der Waals surface area contributed by atoms with E-state index in [9.17, 15) is 14.0 Å². The Balaban J connectivity index is 2.22. The smallest absolute Gasteiger partial charge is 0.307 e. The van der Waals surface area contributed by atoms with E-state index in [1.165, 1.54) is 24.3 Å². The summed E-state index contributed by atoms with van der Waals surface area (Å²) in [6.07, 6.45) is 0.109. The molecule has 132 valence electrons. The second-order valence-corrected chi connectivity index (χ2v) is 5.65. The quantitative estimate of drug-likeness (QED) is 0.714. The van der Waals surface area contributed by atoms with Gasteiger partial charge in [0.05, 0.1) is 19.1 Å². The fourth-order valence-corrected chi connectivity index (χ4v) is 2.59. The molecule has 1 atom stereocenters. The van der Waals surface area contributed by atoms with E-state index in [4.69, 9.17) is 4.74 Å². The second-order valence-electron chi connectivity index (χ2n) is 5.65. The summed E-state index contributed by atoms with van der Waals surface area (Å²) in [5.41, 5.74) is 1.34. The molecule has 0 fully saturated rings. The van der Waals surface area contributed by atoms with Gasteiger partial charge in [-0.1, -0.05) is 30.3 Å². The number of amides is 1. The van der Waals surface area contributed by atoms with E-state index in [0.717, 1.165) is 5.56 Å². The van der Waals surface area contributed by atoms with Gasteiger partial charge in [-0.05, 0) is 43.7 Å². The fraction of sp³-hybridized carbons (Fsp3) is 0.300. The molecule has 5 heteroatoms. The Kier molecular flexibility index (Phi) is 6.69. The first-order chi connectivity index (χ1) is 12.0. The zero-order valence-corrected chi connectivity index (χ0v) is 14.4. The van der Waals surface area contributed by atoms with Crippen LogP contribution in [0.25, 0.3) is 0 Å². The number of ether oxygens (including phenoxy) is 1. The van der Waals surface area contributed by atoms with Gasteiger partial charge in [0.2, 0.25) is 0 Å². The van der Waals surface area contributed by atoms with Crippen LogP contribution in [-0.2, 0) is 9.53 Å². The van der Waals surface area contributed by atoms with Crippen molar-refractivity contribution in [3.63, 3.8) is 0 Å². The first-order valence-corrected chi connectivity index (χ1v) is 8.30. The third-order valence-electron chi connectivity index (χ3n) is 3.96. The molecule has 25 heavy (non-hydrogen) atoms. The van der Waals surface area contributed by atoms with Crippen molar-refractivity contribution in [1.82, 2.24) is 4.90 Å². The van der Waals surface area contributed by atoms with Crippen LogP contribution in [0.4, 0.5) is 4.39 Å². The highest BCUT2D eigenvalue weighted by molar-refractivity contribution is 5.94. The summed E-state index contributed by atoms with van der Waals surface area (Å²) < 4.78 is 18.1. The van der Waals surface area contributed by atoms with E-state index in [-0.39, 0.29) is 30.9 Å². The van der Waals surface area contributed by atoms with Crippen molar-refractivity contribution < 1.29 is 18.7 Å². The highest BCUT2D eigenvalue weighted by Gasteiger charge is 2.23. The van der Waals surface area contributed by atoms with Gasteiger partial charge in [0.1, 0.15) is 5.82 Å². The largest absolute Gasteiger partial charge is 0.466 e. The number of halogens is 1. The van der Waals surface area contributed by atoms with E-state index in [2.05, 4.69) is 0 Å². The second kappa shape index (κ2) is 8.97. The molecular formula is C20H22FNO3. The number of hydrogen-bond acceptors (Lipinski definition) is 3. The summed E-state index contributed by atoms with van der Waals surface area (Å²) in [7, 11) is 0. The third-order valence-corrected chi connectivity index (χ3v) is 3.96. The molecule has 0 aliphatic rings. The standard InChI is InChI=1S/C20H22FNO3/c1-3-25-19(23)13-14-22(15(2)16-7-5-4-6-8-16)20(24)17-9-11-18(21)12-10-17/h4-12,15H,3,13-14H2,1-2H3. The molecule has 0 N–H and O–H groups in total. The van der Waals surface area contributed by atoms with E-state index < -0.39 is 5.82 Å². The summed E-state index contributed by atoms with van der Waals surface area (Å²) >= 11 is 0. The molecule has 2 rings (SSSR count). The zero-order valence-electron chi connectivity index (χ0n) is 14.4. The first-order valence-electron chi connectivity index (χ1n) is 8.30. The van der Waals surface area contributed by atoms with E-state index in [1.807, 2.05) is 37.3 Å². The van der Waals surface area contributed by atoms with Gasteiger partial charge in [0.15, 0.2) is 0 Å². The van der Waals surface area contributed by atoms with Crippen molar-refractivity contribution in [2.75, 3.05) is 13.2 Å². The minimum atomic E-state index is -0.397. The summed E-state index contributed by atoms with van der Waals surface area (Å²) in [6.45, 7) is 4.18. The van der Waals surface area contributed by atoms with Crippen LogP contribution in [-0.4, -0.2) is 29.9 Å². The molecule has 1 amide bonds.